The molecule has 1 aromatic heterocycles. The van der Waals surface area contributed by atoms with Crippen molar-refractivity contribution >= 4 is 0 Å². The summed E-state index contributed by atoms with van der Waals surface area (Å²) in [5.41, 5.74) is 7.05. The van der Waals surface area contributed by atoms with Crippen molar-refractivity contribution in [3.05, 3.63) is 42.2 Å². The summed E-state index contributed by atoms with van der Waals surface area (Å²) in [6.07, 6.45) is -3.11. The Bertz CT molecular complexity index is 778. The first kappa shape index (κ1) is 18.5. The predicted molar refractivity (Wildman–Crippen MR) is 92.0 cm³/mol. The Kier molecular flexibility index (Phi) is 5.09. The normalized spacial score (nSPS) is 17.3. The second-order valence-electron chi connectivity index (χ2n) is 6.86. The van der Waals surface area contributed by atoms with Gasteiger partial charge in [0.1, 0.15) is 18.1 Å². The van der Waals surface area contributed by atoms with Gasteiger partial charge >= 0.3 is 6.18 Å². The Morgan fingerprint density at radius 2 is 2.00 bits per heavy atom. The fraction of sp³-hybridized carbons (Fsp3) is 0.421. The second kappa shape index (κ2) is 7.15. The van der Waals surface area contributed by atoms with Crippen molar-refractivity contribution in [3.8, 4) is 22.6 Å². The number of alkyl halides is 3. The molecule has 0 radical (unpaired) electrons. The van der Waals surface area contributed by atoms with E-state index in [1.807, 2.05) is 0 Å². The fourth-order valence-electron chi connectivity index (χ4n) is 3.08. The molecule has 4 nitrogen and oxygen atoms in total. The van der Waals surface area contributed by atoms with Crippen LogP contribution in [-0.2, 0) is 0 Å². The molecule has 140 valence electrons. The van der Waals surface area contributed by atoms with E-state index in [0.717, 1.165) is 6.42 Å². The SMILES string of the molecule is CC(C)CC(N)COc1ccc2c(c1)OC(C(F)(F)F)c1cnccc1-2. The van der Waals surface area contributed by atoms with Crippen LogP contribution in [0.5, 0.6) is 11.5 Å². The highest BCUT2D eigenvalue weighted by atomic mass is 19.4. The van der Waals surface area contributed by atoms with E-state index in [1.54, 1.807) is 18.2 Å². The van der Waals surface area contributed by atoms with Gasteiger partial charge in [0.15, 0.2) is 0 Å². The predicted octanol–water partition coefficient (Wildman–Crippen LogP) is 4.50. The van der Waals surface area contributed by atoms with Gasteiger partial charge in [0, 0.05) is 35.6 Å². The lowest BCUT2D eigenvalue weighted by molar-refractivity contribution is -0.198. The molecular formula is C19H21F3N2O2. The number of halogens is 3. The summed E-state index contributed by atoms with van der Waals surface area (Å²) in [5.74, 6) is 1.01. The summed E-state index contributed by atoms with van der Waals surface area (Å²) >= 11 is 0. The zero-order valence-electron chi connectivity index (χ0n) is 14.6. The van der Waals surface area contributed by atoms with Gasteiger partial charge in [-0.25, -0.2) is 0 Å². The number of fused-ring (bicyclic) bond motifs is 3. The molecule has 0 saturated carbocycles. The van der Waals surface area contributed by atoms with Gasteiger partial charge in [-0.2, -0.15) is 13.2 Å². The molecule has 1 aromatic carbocycles. The Morgan fingerprint density at radius 1 is 1.23 bits per heavy atom. The monoisotopic (exact) mass is 366 g/mol. The molecular weight excluding hydrogens is 345 g/mol. The van der Waals surface area contributed by atoms with Gasteiger partial charge in [-0.1, -0.05) is 13.8 Å². The largest absolute Gasteiger partial charge is 0.492 e. The average molecular weight is 366 g/mol. The highest BCUT2D eigenvalue weighted by molar-refractivity contribution is 5.76. The number of aromatic nitrogens is 1. The van der Waals surface area contributed by atoms with Crippen LogP contribution < -0.4 is 15.2 Å². The van der Waals surface area contributed by atoms with Crippen LogP contribution in [-0.4, -0.2) is 23.8 Å². The molecule has 2 unspecified atom stereocenters. The van der Waals surface area contributed by atoms with Crippen molar-refractivity contribution in [2.24, 2.45) is 11.7 Å². The fourth-order valence-corrected chi connectivity index (χ4v) is 3.08. The summed E-state index contributed by atoms with van der Waals surface area (Å²) in [5, 5.41) is 0. The molecule has 3 rings (SSSR count). The van der Waals surface area contributed by atoms with Crippen molar-refractivity contribution in [3.63, 3.8) is 0 Å². The van der Waals surface area contributed by atoms with Crippen LogP contribution in [0.1, 0.15) is 31.9 Å². The quantitative estimate of drug-likeness (QED) is 0.847. The van der Waals surface area contributed by atoms with Crippen molar-refractivity contribution in [2.45, 2.75) is 38.6 Å². The van der Waals surface area contributed by atoms with Gasteiger partial charge in [-0.15, -0.1) is 0 Å². The number of benzene rings is 1. The van der Waals surface area contributed by atoms with Crippen LogP contribution >= 0.6 is 0 Å². The Morgan fingerprint density at radius 3 is 2.69 bits per heavy atom. The molecule has 2 aromatic rings. The standard InChI is InChI=1S/C19H21F3N2O2/c1-11(2)7-12(23)10-25-13-3-4-15-14-5-6-24-9-16(14)18(19(20,21)22)26-17(15)8-13/h3-6,8-9,11-12,18H,7,10,23H2,1-2H3. The van der Waals surface area contributed by atoms with Gasteiger partial charge in [0.2, 0.25) is 6.10 Å². The van der Waals surface area contributed by atoms with E-state index in [0.29, 0.717) is 29.4 Å². The highest BCUT2D eigenvalue weighted by Crippen LogP contribution is 2.48. The van der Waals surface area contributed by atoms with Gasteiger partial charge in [0.05, 0.1) is 0 Å². The third-order valence-corrected chi connectivity index (χ3v) is 4.16. The first-order valence-electron chi connectivity index (χ1n) is 8.45. The molecule has 0 aliphatic carbocycles. The number of nitrogens with zero attached hydrogens (tertiary/aromatic N) is 1. The summed E-state index contributed by atoms with van der Waals surface area (Å²) in [6, 6.07) is 6.32. The van der Waals surface area contributed by atoms with Gasteiger partial charge in [-0.3, -0.25) is 4.98 Å². The molecule has 1 aliphatic rings. The first-order valence-corrected chi connectivity index (χ1v) is 8.45. The number of hydrogen-bond acceptors (Lipinski definition) is 4. The van der Waals surface area contributed by atoms with Crippen molar-refractivity contribution in [2.75, 3.05) is 6.61 Å². The Balaban J connectivity index is 1.86. The number of hydrogen-bond donors (Lipinski definition) is 1. The first-order chi connectivity index (χ1) is 12.3. The van der Waals surface area contributed by atoms with E-state index >= 15 is 0 Å². The average Bonchev–Trinajstić information content (AvgIpc) is 2.57. The van der Waals surface area contributed by atoms with Crippen LogP contribution in [0.3, 0.4) is 0 Å². The maximum absolute atomic E-state index is 13.4. The lowest BCUT2D eigenvalue weighted by atomic mass is 9.94. The Hall–Kier alpha value is -2.28. The minimum Gasteiger partial charge on any atom is -0.492 e. The molecule has 26 heavy (non-hydrogen) atoms. The summed E-state index contributed by atoms with van der Waals surface area (Å²) in [4.78, 5) is 3.81. The molecule has 0 amide bonds. The summed E-state index contributed by atoms with van der Waals surface area (Å²) in [6.45, 7) is 4.42. The van der Waals surface area contributed by atoms with Crippen LogP contribution in [0.15, 0.2) is 36.7 Å². The minimum absolute atomic E-state index is 0.0140. The summed E-state index contributed by atoms with van der Waals surface area (Å²) < 4.78 is 51.1. The Labute approximate surface area is 150 Å². The molecule has 0 spiro atoms. The van der Waals surface area contributed by atoms with Gasteiger partial charge < -0.3 is 15.2 Å². The van der Waals surface area contributed by atoms with Gasteiger partial charge in [0.25, 0.3) is 0 Å². The summed E-state index contributed by atoms with van der Waals surface area (Å²) in [7, 11) is 0. The molecule has 7 heteroatoms. The minimum atomic E-state index is -4.54. The topological polar surface area (TPSA) is 57.4 Å². The van der Waals surface area contributed by atoms with E-state index in [9.17, 15) is 13.2 Å². The molecule has 2 N–H and O–H groups in total. The number of pyridine rings is 1. The molecule has 1 aliphatic heterocycles. The maximum atomic E-state index is 13.4. The third kappa shape index (κ3) is 3.93. The lowest BCUT2D eigenvalue weighted by Gasteiger charge is -2.30. The molecule has 0 bridgehead atoms. The van der Waals surface area contributed by atoms with Crippen LogP contribution in [0.2, 0.25) is 0 Å². The zero-order chi connectivity index (χ0) is 18.9. The van der Waals surface area contributed by atoms with Crippen LogP contribution in [0, 0.1) is 5.92 Å². The van der Waals surface area contributed by atoms with Crippen LogP contribution in [0.25, 0.3) is 11.1 Å². The van der Waals surface area contributed by atoms with Gasteiger partial charge in [-0.05, 0) is 36.1 Å². The molecule has 2 atom stereocenters. The van der Waals surface area contributed by atoms with E-state index in [2.05, 4.69) is 18.8 Å². The molecule has 2 heterocycles. The zero-order valence-corrected chi connectivity index (χ0v) is 14.6. The van der Waals surface area contributed by atoms with E-state index < -0.39 is 12.3 Å². The number of nitrogens with two attached hydrogens (primary N) is 1. The third-order valence-electron chi connectivity index (χ3n) is 4.16. The van der Waals surface area contributed by atoms with Crippen LogP contribution in [0.4, 0.5) is 13.2 Å². The molecule has 0 saturated heterocycles. The highest BCUT2D eigenvalue weighted by Gasteiger charge is 2.46. The van der Waals surface area contributed by atoms with Crippen molar-refractivity contribution < 1.29 is 22.6 Å². The molecule has 0 fully saturated rings. The van der Waals surface area contributed by atoms with E-state index in [4.69, 9.17) is 15.2 Å². The number of rotatable bonds is 5. The van der Waals surface area contributed by atoms with E-state index in [1.165, 1.54) is 18.5 Å². The smallest absolute Gasteiger partial charge is 0.429 e. The second-order valence-corrected chi connectivity index (χ2v) is 6.86. The maximum Gasteiger partial charge on any atom is 0.429 e. The lowest BCUT2D eigenvalue weighted by Crippen LogP contribution is -2.30. The van der Waals surface area contributed by atoms with Crippen molar-refractivity contribution in [1.29, 1.82) is 0 Å². The van der Waals surface area contributed by atoms with E-state index in [-0.39, 0.29) is 17.4 Å². The number of ether oxygens (including phenoxy) is 2. The van der Waals surface area contributed by atoms with Crippen molar-refractivity contribution in [1.82, 2.24) is 4.98 Å².